The molecular weight excluding hydrogens is 384 g/mol. The van der Waals surface area contributed by atoms with Crippen LogP contribution in [0.25, 0.3) is 0 Å². The van der Waals surface area contributed by atoms with E-state index in [0.717, 1.165) is 5.56 Å². The molecule has 0 spiro atoms. The topological polar surface area (TPSA) is 88.9 Å². The van der Waals surface area contributed by atoms with Crippen molar-refractivity contribution in [1.82, 2.24) is 4.90 Å². The van der Waals surface area contributed by atoms with E-state index in [0.29, 0.717) is 38.3 Å². The van der Waals surface area contributed by atoms with Gasteiger partial charge in [0.05, 0.1) is 32.1 Å². The van der Waals surface area contributed by atoms with E-state index in [1.807, 2.05) is 45.0 Å². The zero-order valence-corrected chi connectivity index (χ0v) is 18.6. The summed E-state index contributed by atoms with van der Waals surface area (Å²) in [5.41, 5.74) is -0.364. The van der Waals surface area contributed by atoms with Crippen LogP contribution in [0.4, 0.5) is 4.79 Å². The molecule has 1 heterocycles. The number of hydrogen-bond donors (Lipinski definition) is 0. The minimum Gasteiger partial charge on any atom is -0.497 e. The van der Waals surface area contributed by atoms with Gasteiger partial charge in [0.15, 0.2) is 0 Å². The van der Waals surface area contributed by atoms with Crippen molar-refractivity contribution in [2.45, 2.75) is 58.5 Å². The van der Waals surface area contributed by atoms with Gasteiger partial charge in [0, 0.05) is 18.5 Å². The van der Waals surface area contributed by atoms with E-state index in [4.69, 9.17) is 14.2 Å². The van der Waals surface area contributed by atoms with E-state index in [-0.39, 0.29) is 18.5 Å². The normalized spacial score (nSPS) is 16.9. The lowest BCUT2D eigenvalue weighted by atomic mass is 9.65. The molecule has 0 aromatic heterocycles. The van der Waals surface area contributed by atoms with Crippen LogP contribution in [0.5, 0.6) is 5.75 Å². The van der Waals surface area contributed by atoms with Gasteiger partial charge >= 0.3 is 12.1 Å². The molecule has 1 amide bonds. The van der Waals surface area contributed by atoms with Crippen LogP contribution in [0.2, 0.25) is 0 Å². The van der Waals surface area contributed by atoms with Gasteiger partial charge in [-0.25, -0.2) is 4.79 Å². The molecular formula is C23H32N2O5. The summed E-state index contributed by atoms with van der Waals surface area (Å²) in [7, 11) is 1.59. The molecule has 2 rings (SSSR count). The molecule has 164 valence electrons. The average molecular weight is 417 g/mol. The predicted octanol–water partition coefficient (Wildman–Crippen LogP) is 4.27. The number of piperidine rings is 1. The van der Waals surface area contributed by atoms with Crippen LogP contribution in [-0.2, 0) is 14.3 Å². The molecule has 30 heavy (non-hydrogen) atoms. The van der Waals surface area contributed by atoms with E-state index in [1.54, 1.807) is 18.9 Å². The SMILES string of the molecule is CCOC(=O)CC1(C(C#N)c2ccc(OC)cc2)CCN(C(=O)OC(C)(C)C)CC1. The number of nitriles is 1. The summed E-state index contributed by atoms with van der Waals surface area (Å²) < 4.78 is 15.9. The number of hydrogen-bond acceptors (Lipinski definition) is 6. The number of esters is 1. The Kier molecular flexibility index (Phi) is 7.71. The summed E-state index contributed by atoms with van der Waals surface area (Å²) in [6, 6.07) is 9.76. The van der Waals surface area contributed by atoms with Crippen LogP contribution < -0.4 is 4.74 Å². The van der Waals surface area contributed by atoms with Crippen molar-refractivity contribution in [1.29, 1.82) is 5.26 Å². The lowest BCUT2D eigenvalue weighted by Crippen LogP contribution is -2.47. The van der Waals surface area contributed by atoms with Gasteiger partial charge in [0.1, 0.15) is 11.4 Å². The molecule has 7 heteroatoms. The van der Waals surface area contributed by atoms with Crippen molar-refractivity contribution in [2.24, 2.45) is 5.41 Å². The van der Waals surface area contributed by atoms with E-state index in [1.165, 1.54) is 0 Å². The maximum absolute atomic E-state index is 12.5. The third kappa shape index (κ3) is 5.88. The molecule has 0 bridgehead atoms. The largest absolute Gasteiger partial charge is 0.497 e. The Labute approximate surface area is 178 Å². The predicted molar refractivity (Wildman–Crippen MR) is 112 cm³/mol. The summed E-state index contributed by atoms with van der Waals surface area (Å²) >= 11 is 0. The van der Waals surface area contributed by atoms with Crippen LogP contribution in [-0.4, -0.2) is 49.4 Å². The maximum atomic E-state index is 12.5. The molecule has 1 aliphatic heterocycles. The summed E-state index contributed by atoms with van der Waals surface area (Å²) in [4.78, 5) is 26.5. The lowest BCUT2D eigenvalue weighted by molar-refractivity contribution is -0.147. The summed E-state index contributed by atoms with van der Waals surface area (Å²) in [5.74, 6) is -0.125. The molecule has 1 aliphatic rings. The highest BCUT2D eigenvalue weighted by molar-refractivity contribution is 5.71. The van der Waals surface area contributed by atoms with Crippen molar-refractivity contribution in [3.05, 3.63) is 29.8 Å². The summed E-state index contributed by atoms with van der Waals surface area (Å²) in [6.07, 6.45) is 0.780. The number of amides is 1. The van der Waals surface area contributed by atoms with E-state index in [2.05, 4.69) is 6.07 Å². The summed E-state index contributed by atoms with van der Waals surface area (Å²) in [6.45, 7) is 8.38. The van der Waals surface area contributed by atoms with E-state index >= 15 is 0 Å². The molecule has 0 radical (unpaired) electrons. The van der Waals surface area contributed by atoms with Crippen molar-refractivity contribution in [2.75, 3.05) is 26.8 Å². The fraction of sp³-hybridized carbons (Fsp3) is 0.609. The molecule has 1 saturated heterocycles. The molecule has 0 aliphatic carbocycles. The first-order valence-corrected chi connectivity index (χ1v) is 10.3. The second-order valence-corrected chi connectivity index (χ2v) is 8.65. The molecule has 0 N–H and O–H groups in total. The number of carbonyl (C=O) groups is 2. The first kappa shape index (κ1) is 23.5. The number of carbonyl (C=O) groups excluding carboxylic acids is 2. The fourth-order valence-corrected chi connectivity index (χ4v) is 3.89. The number of ether oxygens (including phenoxy) is 3. The number of methoxy groups -OCH3 is 1. The van der Waals surface area contributed by atoms with Gasteiger partial charge in [-0.2, -0.15) is 5.26 Å². The molecule has 1 unspecified atom stereocenters. The third-order valence-electron chi connectivity index (χ3n) is 5.40. The summed E-state index contributed by atoms with van der Waals surface area (Å²) in [5, 5.41) is 10.1. The van der Waals surface area contributed by atoms with E-state index < -0.39 is 16.9 Å². The second kappa shape index (κ2) is 9.84. The zero-order chi connectivity index (χ0) is 22.4. The highest BCUT2D eigenvalue weighted by Crippen LogP contribution is 2.47. The quantitative estimate of drug-likeness (QED) is 0.643. The maximum Gasteiger partial charge on any atom is 0.410 e. The second-order valence-electron chi connectivity index (χ2n) is 8.65. The molecule has 1 atom stereocenters. The molecule has 0 saturated carbocycles. The lowest BCUT2D eigenvalue weighted by Gasteiger charge is -2.44. The minimum atomic E-state index is -0.617. The van der Waals surface area contributed by atoms with Gasteiger partial charge in [0.25, 0.3) is 0 Å². The Balaban J connectivity index is 2.27. The Morgan fingerprint density at radius 1 is 1.20 bits per heavy atom. The Bertz CT molecular complexity index is 768. The third-order valence-corrected chi connectivity index (χ3v) is 5.40. The van der Waals surface area contributed by atoms with Crippen molar-refractivity contribution >= 4 is 12.1 Å². The molecule has 7 nitrogen and oxygen atoms in total. The highest BCUT2D eigenvalue weighted by Gasteiger charge is 2.45. The van der Waals surface area contributed by atoms with Gasteiger partial charge < -0.3 is 19.1 Å². The van der Waals surface area contributed by atoms with Gasteiger partial charge in [-0.05, 0) is 58.2 Å². The van der Waals surface area contributed by atoms with Crippen molar-refractivity contribution in [3.8, 4) is 11.8 Å². The van der Waals surface area contributed by atoms with Gasteiger partial charge in [-0.15, -0.1) is 0 Å². The van der Waals surface area contributed by atoms with Crippen LogP contribution in [0.3, 0.4) is 0 Å². The monoisotopic (exact) mass is 416 g/mol. The zero-order valence-electron chi connectivity index (χ0n) is 18.6. The highest BCUT2D eigenvalue weighted by atomic mass is 16.6. The first-order valence-electron chi connectivity index (χ1n) is 10.3. The molecule has 1 aromatic rings. The average Bonchev–Trinajstić information content (AvgIpc) is 2.68. The smallest absolute Gasteiger partial charge is 0.410 e. The first-order chi connectivity index (χ1) is 14.1. The van der Waals surface area contributed by atoms with Crippen LogP contribution >= 0.6 is 0 Å². The van der Waals surface area contributed by atoms with Crippen LogP contribution in [0.15, 0.2) is 24.3 Å². The minimum absolute atomic E-state index is 0.132. The number of likely N-dealkylation sites (tertiary alicyclic amines) is 1. The Morgan fingerprint density at radius 2 is 1.80 bits per heavy atom. The standard InChI is InChI=1S/C23H32N2O5/c1-6-29-20(26)15-23(19(16-24)17-7-9-18(28-5)10-8-17)11-13-25(14-12-23)21(27)30-22(2,3)4/h7-10,19H,6,11-15H2,1-5H3. The Hall–Kier alpha value is -2.75. The number of nitrogens with zero attached hydrogens (tertiary/aromatic N) is 2. The molecule has 1 aromatic carbocycles. The fourth-order valence-electron chi connectivity index (χ4n) is 3.89. The van der Waals surface area contributed by atoms with Gasteiger partial charge in [-0.3, -0.25) is 4.79 Å². The van der Waals surface area contributed by atoms with Crippen molar-refractivity contribution < 1.29 is 23.8 Å². The van der Waals surface area contributed by atoms with Crippen LogP contribution in [0, 0.1) is 16.7 Å². The van der Waals surface area contributed by atoms with E-state index in [9.17, 15) is 14.9 Å². The number of rotatable bonds is 6. The van der Waals surface area contributed by atoms with Crippen molar-refractivity contribution in [3.63, 3.8) is 0 Å². The van der Waals surface area contributed by atoms with Gasteiger partial charge in [0.2, 0.25) is 0 Å². The van der Waals surface area contributed by atoms with Crippen LogP contribution in [0.1, 0.15) is 58.4 Å². The molecule has 1 fully saturated rings. The Morgan fingerprint density at radius 3 is 2.27 bits per heavy atom. The van der Waals surface area contributed by atoms with Gasteiger partial charge in [-0.1, -0.05) is 12.1 Å². The number of benzene rings is 1.